The first-order chi connectivity index (χ1) is 65.4. The molecule has 4 heteroatoms. The molecular weight excluding hydrogens is 1630 g/mol. The van der Waals surface area contributed by atoms with E-state index in [1.165, 1.54) is 185 Å². The monoisotopic (exact) mass is 1710 g/mol. The molecule has 0 spiro atoms. The summed E-state index contributed by atoms with van der Waals surface area (Å²) < 4.78 is 5.09. The highest BCUT2D eigenvalue weighted by Crippen LogP contribution is 2.61. The van der Waals surface area contributed by atoms with Gasteiger partial charge in [0.2, 0.25) is 0 Å². The van der Waals surface area contributed by atoms with E-state index in [4.69, 9.17) is 0 Å². The Morgan fingerprint density at radius 2 is 0.341 bits per heavy atom. The van der Waals surface area contributed by atoms with Crippen LogP contribution < -0.4 is 9.80 Å². The molecule has 0 aliphatic heterocycles. The van der Waals surface area contributed by atoms with Crippen LogP contribution in [-0.4, -0.2) is 0 Å². The smallest absolute Gasteiger partial charge is 0.0714 e. The van der Waals surface area contributed by atoms with Crippen molar-refractivity contribution in [3.05, 3.63) is 566 Å². The molecule has 2 heterocycles. The Kier molecular flexibility index (Phi) is 20.2. The maximum atomic E-state index is 2.52. The van der Waals surface area contributed by atoms with Crippen molar-refractivity contribution in [1.29, 1.82) is 0 Å². The number of hydrogen-bond acceptors (Lipinski definition) is 4. The molecule has 0 atom stereocenters. The van der Waals surface area contributed by atoms with Crippen LogP contribution in [0.4, 0.5) is 34.1 Å². The molecule has 132 heavy (non-hydrogen) atoms. The van der Waals surface area contributed by atoms with E-state index in [-0.39, 0.29) is 0 Å². The Morgan fingerprint density at radius 3 is 0.614 bits per heavy atom. The average Bonchev–Trinajstić information content (AvgIpc) is 1.54. The number of rotatable bonds is 17. The average molecular weight is 1720 g/mol. The number of para-hydroxylation sites is 1. The van der Waals surface area contributed by atoms with Crippen molar-refractivity contribution in [2.24, 2.45) is 0 Å². The van der Waals surface area contributed by atoms with Gasteiger partial charge in [-0.25, -0.2) is 0 Å². The minimum atomic E-state index is -0.603. The highest BCUT2D eigenvalue weighted by atomic mass is 32.1. The summed E-state index contributed by atoms with van der Waals surface area (Å²) in [6, 6.07) is 192. The molecule has 0 saturated carbocycles. The Labute approximate surface area is 778 Å². The lowest BCUT2D eigenvalue weighted by atomic mass is 9.66. The first kappa shape index (κ1) is 79.1. The van der Waals surface area contributed by atoms with Gasteiger partial charge in [0.05, 0.1) is 10.8 Å². The SMILES string of the molecule is c1ccc(-c2ccc(N(c3ccc(-c4ccccc4)cc3)c3ccc4sc5ccc(C6(c7cc(-c8ccccc8)cc(-c8ccccc8)c7)c7ccccc7-c7ccccc76)cc5c4c3)cc2)cc1.c1ccc(-c2ccc(N(c3ccccc3)c3ccc4sc5ccc(C6(c7cc(-c8ccccc8)cc(-c8ccccc8)c7)c7ccccc7-c7ccccc76)cc5c4c3)cc2)cc1. The molecule has 23 aromatic rings. The Morgan fingerprint density at radius 1 is 0.136 bits per heavy atom. The summed E-state index contributed by atoms with van der Waals surface area (Å²) >= 11 is 3.74. The lowest BCUT2D eigenvalue weighted by Gasteiger charge is -2.35. The molecule has 0 bridgehead atoms. The Bertz CT molecular complexity index is 7910. The van der Waals surface area contributed by atoms with E-state index in [0.29, 0.717) is 0 Å². The summed E-state index contributed by atoms with van der Waals surface area (Å²) in [5.41, 5.74) is 37.7. The molecule has 0 saturated heterocycles. The van der Waals surface area contributed by atoms with E-state index in [2.05, 4.69) is 532 Å². The van der Waals surface area contributed by atoms with Crippen LogP contribution in [0.25, 0.3) is 140 Å². The zero-order valence-electron chi connectivity index (χ0n) is 72.4. The van der Waals surface area contributed by atoms with Gasteiger partial charge in [0, 0.05) is 74.5 Å². The van der Waals surface area contributed by atoms with Crippen molar-refractivity contribution >= 4 is 97.1 Å². The Balaban J connectivity index is 0.000000146. The van der Waals surface area contributed by atoms with Gasteiger partial charge >= 0.3 is 0 Å². The van der Waals surface area contributed by atoms with Crippen molar-refractivity contribution in [2.45, 2.75) is 10.8 Å². The second kappa shape index (κ2) is 33.7. The van der Waals surface area contributed by atoms with Crippen LogP contribution in [0.3, 0.4) is 0 Å². The minimum Gasteiger partial charge on any atom is -0.310 e. The molecule has 0 radical (unpaired) electrons. The molecule has 2 nitrogen and oxygen atoms in total. The minimum absolute atomic E-state index is 0.585. The van der Waals surface area contributed by atoms with Crippen LogP contribution in [0, 0.1) is 0 Å². The number of hydrogen-bond donors (Lipinski definition) is 0. The van der Waals surface area contributed by atoms with E-state index in [0.717, 1.165) is 34.1 Å². The first-order valence-electron chi connectivity index (χ1n) is 45.4. The summed E-state index contributed by atoms with van der Waals surface area (Å²) in [6.07, 6.45) is 0. The second-order valence-electron chi connectivity index (χ2n) is 34.5. The van der Waals surface area contributed by atoms with Crippen molar-refractivity contribution in [1.82, 2.24) is 0 Å². The van der Waals surface area contributed by atoms with Crippen LogP contribution in [0.15, 0.2) is 522 Å². The molecule has 620 valence electrons. The van der Waals surface area contributed by atoms with Gasteiger partial charge < -0.3 is 9.80 Å². The lowest BCUT2D eigenvalue weighted by molar-refractivity contribution is 0.771. The van der Waals surface area contributed by atoms with E-state index in [9.17, 15) is 0 Å². The summed E-state index contributed by atoms with van der Waals surface area (Å²) in [4.78, 5) is 4.79. The van der Waals surface area contributed by atoms with Gasteiger partial charge in [0.1, 0.15) is 0 Å². The van der Waals surface area contributed by atoms with Crippen molar-refractivity contribution in [3.63, 3.8) is 0 Å². The maximum absolute atomic E-state index is 2.52. The molecule has 25 rings (SSSR count). The molecular formula is C128H86N2S2. The van der Waals surface area contributed by atoms with Gasteiger partial charge in [0.25, 0.3) is 0 Å². The molecule has 2 aliphatic carbocycles. The number of anilines is 6. The van der Waals surface area contributed by atoms with E-state index < -0.39 is 10.8 Å². The predicted molar refractivity (Wildman–Crippen MR) is 561 cm³/mol. The maximum Gasteiger partial charge on any atom is 0.0714 e. The quantitative estimate of drug-likeness (QED) is 0.0896. The number of nitrogens with zero attached hydrogens (tertiary/aromatic N) is 2. The van der Waals surface area contributed by atoms with Gasteiger partial charge in [0.15, 0.2) is 0 Å². The topological polar surface area (TPSA) is 6.48 Å². The van der Waals surface area contributed by atoms with Gasteiger partial charge in [-0.1, -0.05) is 376 Å². The molecule has 0 amide bonds. The second-order valence-corrected chi connectivity index (χ2v) is 36.6. The van der Waals surface area contributed by atoms with Crippen LogP contribution in [0.2, 0.25) is 0 Å². The van der Waals surface area contributed by atoms with Gasteiger partial charge in [-0.05, 0) is 290 Å². The number of fused-ring (bicyclic) bond motifs is 12. The van der Waals surface area contributed by atoms with Gasteiger partial charge in [-0.3, -0.25) is 0 Å². The third kappa shape index (κ3) is 13.9. The Hall–Kier alpha value is -16.3. The fourth-order valence-corrected chi connectivity index (χ4v) is 23.1. The molecule has 2 aliphatic rings. The molecule has 21 aromatic carbocycles. The zero-order valence-corrected chi connectivity index (χ0v) is 74.0. The van der Waals surface area contributed by atoms with Crippen molar-refractivity contribution < 1.29 is 0 Å². The molecule has 2 aromatic heterocycles. The highest BCUT2D eigenvalue weighted by molar-refractivity contribution is 7.26. The third-order valence-corrected chi connectivity index (χ3v) is 29.4. The number of benzene rings is 21. The first-order valence-corrected chi connectivity index (χ1v) is 47.0. The number of thiophene rings is 2. The van der Waals surface area contributed by atoms with Crippen LogP contribution >= 0.6 is 22.7 Å². The summed E-state index contributed by atoms with van der Waals surface area (Å²) in [6.45, 7) is 0. The summed E-state index contributed by atoms with van der Waals surface area (Å²) in [7, 11) is 0. The molecule has 0 unspecified atom stereocenters. The van der Waals surface area contributed by atoms with Gasteiger partial charge in [-0.2, -0.15) is 0 Å². The van der Waals surface area contributed by atoms with Crippen LogP contribution in [0.1, 0.15) is 44.5 Å². The largest absolute Gasteiger partial charge is 0.310 e. The van der Waals surface area contributed by atoms with E-state index in [1.807, 2.05) is 22.7 Å². The van der Waals surface area contributed by atoms with Crippen LogP contribution in [-0.2, 0) is 10.8 Å². The van der Waals surface area contributed by atoms with Crippen LogP contribution in [0.5, 0.6) is 0 Å². The van der Waals surface area contributed by atoms with Crippen molar-refractivity contribution in [3.8, 4) is 100 Å². The fourth-order valence-electron chi connectivity index (χ4n) is 21.0. The van der Waals surface area contributed by atoms with Gasteiger partial charge in [-0.15, -0.1) is 22.7 Å². The summed E-state index contributed by atoms with van der Waals surface area (Å²) in [5, 5.41) is 5.04. The predicted octanol–water partition coefficient (Wildman–Crippen LogP) is 35.4. The normalized spacial score (nSPS) is 12.5. The lowest BCUT2D eigenvalue weighted by Crippen LogP contribution is -2.28. The summed E-state index contributed by atoms with van der Waals surface area (Å²) in [5.74, 6) is 0. The fraction of sp³-hybridized carbons (Fsp3) is 0.0156. The zero-order chi connectivity index (χ0) is 87.5. The third-order valence-electron chi connectivity index (χ3n) is 27.1. The highest BCUT2D eigenvalue weighted by Gasteiger charge is 2.48. The standard InChI is InChI=1S/C67H45NS.C61H41NS/c1-5-17-46(18-6-1)50-29-34-56(35-30-50)68(57-36-31-51(32-37-57)47-19-7-2-8-20-47)58-38-40-66-62(45-58)61-44-54(33-39-65(61)69-66)67(63-27-15-13-25-59(63)60-26-14-16-28-64(60)67)55-42-52(48-21-9-3-10-22-48)41-53(43-55)49-23-11-4-12-24-49;1-5-17-42(18-6-1)45-29-32-51(33-30-45)62(50-23-11-4-12-24-50)52-34-36-60-56(41-52)55-40-48(31-35-59(55)63-60)61(57-27-15-13-25-53(57)54-26-14-16-28-58(54)61)49-38-46(43-19-7-2-8-20-43)37-47(39-49)44-21-9-3-10-22-44/h1-45H;1-41H. The van der Waals surface area contributed by atoms with E-state index in [1.54, 1.807) is 0 Å². The molecule has 0 N–H and O–H groups in total. The molecule has 0 fully saturated rings. The van der Waals surface area contributed by atoms with Crippen molar-refractivity contribution in [2.75, 3.05) is 9.80 Å². The van der Waals surface area contributed by atoms with E-state index >= 15 is 0 Å².